The zero-order valence-electron chi connectivity index (χ0n) is 37.8. The Morgan fingerprint density at radius 3 is 1.33 bits per heavy atom. The van der Waals surface area contributed by atoms with Crippen LogP contribution in [0.1, 0.15) is 72.2 Å². The lowest BCUT2D eigenvalue weighted by molar-refractivity contribution is 0.660. The van der Waals surface area contributed by atoms with Crippen LogP contribution in [0.2, 0.25) is 0 Å². The highest BCUT2D eigenvalue weighted by Crippen LogP contribution is 2.58. The lowest BCUT2D eigenvalue weighted by Gasteiger charge is -2.34. The van der Waals surface area contributed by atoms with Crippen molar-refractivity contribution in [3.8, 4) is 44.5 Å². The summed E-state index contributed by atoms with van der Waals surface area (Å²) in [5.41, 5.74) is 23.7. The Hall–Kier alpha value is -7.74. The smallest absolute Gasteiger partial charge is 0.0713 e. The predicted molar refractivity (Wildman–Crippen MR) is 276 cm³/mol. The van der Waals surface area contributed by atoms with Crippen LogP contribution in [-0.2, 0) is 16.2 Å². The minimum absolute atomic E-state index is 0.127. The number of hydrogen-bond donors (Lipinski definition) is 0. The van der Waals surface area contributed by atoms with Crippen molar-refractivity contribution in [1.29, 1.82) is 0 Å². The first-order valence-electron chi connectivity index (χ1n) is 23.4. The fourth-order valence-electron chi connectivity index (χ4n) is 12.3. The van der Waals surface area contributed by atoms with Crippen molar-refractivity contribution in [3.05, 3.63) is 269 Å². The van der Waals surface area contributed by atoms with Gasteiger partial charge in [0.25, 0.3) is 0 Å². The molecule has 0 N–H and O–H groups in total. The Balaban J connectivity index is 1.00. The van der Waals surface area contributed by atoms with Gasteiger partial charge >= 0.3 is 0 Å². The van der Waals surface area contributed by atoms with E-state index in [4.69, 9.17) is 0 Å². The first-order valence-corrected chi connectivity index (χ1v) is 23.4. The highest BCUT2D eigenvalue weighted by molar-refractivity contribution is 5.97. The standard InChI is InChI=1S/C65H49N/c1-63(2)57-28-15-13-26-51(57)53-33-31-49(40-60(53)63)66(50-32-34-54-52-27-14-16-29-58(52)64(3,4)61(54)41-50)48-25-17-20-42(36-48)45-30-35-59-55(38-45)56-37-43-18-11-12-19-44(43)39-62(56)65(59,46-21-7-5-8-22-46)47-23-9-6-10-24-47/h5-41H,1-4H3. The van der Waals surface area contributed by atoms with Gasteiger partial charge in [0.2, 0.25) is 0 Å². The highest BCUT2D eigenvalue weighted by Gasteiger charge is 2.46. The average molecular weight is 844 g/mol. The molecular weight excluding hydrogens is 795 g/mol. The number of rotatable bonds is 6. The van der Waals surface area contributed by atoms with E-state index >= 15 is 0 Å². The fourth-order valence-corrected chi connectivity index (χ4v) is 12.3. The van der Waals surface area contributed by atoms with Crippen LogP contribution in [0.5, 0.6) is 0 Å². The minimum Gasteiger partial charge on any atom is -0.310 e. The molecule has 0 aliphatic heterocycles. The maximum absolute atomic E-state index is 2.49. The number of fused-ring (bicyclic) bond motifs is 10. The summed E-state index contributed by atoms with van der Waals surface area (Å²) < 4.78 is 0. The van der Waals surface area contributed by atoms with Crippen molar-refractivity contribution in [2.75, 3.05) is 4.90 Å². The van der Waals surface area contributed by atoms with Crippen LogP contribution in [0.25, 0.3) is 55.3 Å². The summed E-state index contributed by atoms with van der Waals surface area (Å²) in [6, 6.07) is 84.6. The molecular formula is C65H49N. The summed E-state index contributed by atoms with van der Waals surface area (Å²) in [5, 5.41) is 2.51. The first kappa shape index (κ1) is 38.7. The summed E-state index contributed by atoms with van der Waals surface area (Å²) in [6.07, 6.45) is 0. The minimum atomic E-state index is -0.476. The number of anilines is 3. The van der Waals surface area contributed by atoms with Crippen molar-refractivity contribution < 1.29 is 0 Å². The van der Waals surface area contributed by atoms with Gasteiger partial charge in [0.05, 0.1) is 5.41 Å². The maximum atomic E-state index is 2.49. The van der Waals surface area contributed by atoms with Crippen LogP contribution < -0.4 is 4.90 Å². The van der Waals surface area contributed by atoms with Crippen molar-refractivity contribution in [2.24, 2.45) is 0 Å². The van der Waals surface area contributed by atoms with E-state index in [1.165, 1.54) is 99.8 Å². The van der Waals surface area contributed by atoms with Crippen LogP contribution >= 0.6 is 0 Å². The summed E-state index contributed by atoms with van der Waals surface area (Å²) in [6.45, 7) is 9.50. The molecule has 314 valence electrons. The van der Waals surface area contributed by atoms with Crippen LogP contribution in [0.3, 0.4) is 0 Å². The Morgan fingerprint density at radius 2 is 0.742 bits per heavy atom. The first-order chi connectivity index (χ1) is 32.2. The highest BCUT2D eigenvalue weighted by atomic mass is 15.1. The molecule has 0 amide bonds. The van der Waals surface area contributed by atoms with Crippen LogP contribution in [-0.4, -0.2) is 0 Å². The number of hydrogen-bond acceptors (Lipinski definition) is 1. The molecule has 3 aliphatic rings. The van der Waals surface area contributed by atoms with Gasteiger partial charge in [-0.1, -0.05) is 198 Å². The Labute approximate surface area is 388 Å². The third-order valence-electron chi connectivity index (χ3n) is 15.5. The number of benzene rings is 10. The van der Waals surface area contributed by atoms with Gasteiger partial charge in [-0.3, -0.25) is 0 Å². The van der Waals surface area contributed by atoms with E-state index in [0.29, 0.717) is 0 Å². The summed E-state index contributed by atoms with van der Waals surface area (Å²) in [5.74, 6) is 0. The Bertz CT molecular complexity index is 3450. The SMILES string of the molecule is CC1(C)c2ccccc2-c2ccc(N(c3cccc(-c4ccc5c(c4)-c4cc6ccccc6cc4C5(c4ccccc4)c4ccccc4)c3)c3ccc4c(c3)C(C)(C)c3ccccc3-4)cc21. The molecule has 0 spiro atoms. The lowest BCUT2D eigenvalue weighted by atomic mass is 9.67. The zero-order chi connectivity index (χ0) is 44.4. The van der Waals surface area contributed by atoms with E-state index in [1.807, 2.05) is 0 Å². The average Bonchev–Trinajstić information content (AvgIpc) is 3.87. The van der Waals surface area contributed by atoms with E-state index in [-0.39, 0.29) is 10.8 Å². The molecule has 0 aromatic heterocycles. The topological polar surface area (TPSA) is 3.24 Å². The molecule has 0 radical (unpaired) electrons. The Morgan fingerprint density at radius 1 is 0.273 bits per heavy atom. The molecule has 0 saturated carbocycles. The summed E-state index contributed by atoms with van der Waals surface area (Å²) in [4.78, 5) is 2.49. The molecule has 0 fully saturated rings. The molecule has 0 heterocycles. The van der Waals surface area contributed by atoms with E-state index in [2.05, 4.69) is 257 Å². The molecule has 10 aromatic carbocycles. The second-order valence-electron chi connectivity index (χ2n) is 19.7. The monoisotopic (exact) mass is 843 g/mol. The molecule has 66 heavy (non-hydrogen) atoms. The molecule has 1 heteroatoms. The zero-order valence-corrected chi connectivity index (χ0v) is 37.8. The predicted octanol–water partition coefficient (Wildman–Crippen LogP) is 17.0. The van der Waals surface area contributed by atoms with E-state index < -0.39 is 5.41 Å². The lowest BCUT2D eigenvalue weighted by Crippen LogP contribution is -2.28. The third kappa shape index (κ3) is 5.41. The van der Waals surface area contributed by atoms with Crippen LogP contribution in [0.15, 0.2) is 224 Å². The van der Waals surface area contributed by atoms with Gasteiger partial charge in [0.1, 0.15) is 0 Å². The fraction of sp³-hybridized carbons (Fsp3) is 0.108. The second-order valence-corrected chi connectivity index (χ2v) is 19.7. The second kappa shape index (κ2) is 14.1. The van der Waals surface area contributed by atoms with E-state index in [0.717, 1.165) is 17.1 Å². The molecule has 10 aromatic rings. The van der Waals surface area contributed by atoms with Crippen molar-refractivity contribution in [3.63, 3.8) is 0 Å². The van der Waals surface area contributed by atoms with E-state index in [1.54, 1.807) is 0 Å². The summed E-state index contributed by atoms with van der Waals surface area (Å²) >= 11 is 0. The normalized spacial score (nSPS) is 15.0. The van der Waals surface area contributed by atoms with Gasteiger partial charge in [-0.05, 0) is 154 Å². The van der Waals surface area contributed by atoms with Gasteiger partial charge in [0, 0.05) is 27.9 Å². The van der Waals surface area contributed by atoms with Gasteiger partial charge in [-0.25, -0.2) is 0 Å². The largest absolute Gasteiger partial charge is 0.310 e. The van der Waals surface area contributed by atoms with Gasteiger partial charge < -0.3 is 4.90 Å². The third-order valence-corrected chi connectivity index (χ3v) is 15.5. The quantitative estimate of drug-likeness (QED) is 0.161. The van der Waals surface area contributed by atoms with Crippen LogP contribution in [0, 0.1) is 0 Å². The molecule has 0 bridgehead atoms. The molecule has 1 nitrogen and oxygen atoms in total. The molecule has 3 aliphatic carbocycles. The van der Waals surface area contributed by atoms with Gasteiger partial charge in [0.15, 0.2) is 0 Å². The van der Waals surface area contributed by atoms with E-state index in [9.17, 15) is 0 Å². The summed E-state index contributed by atoms with van der Waals surface area (Å²) in [7, 11) is 0. The van der Waals surface area contributed by atoms with Crippen molar-refractivity contribution >= 4 is 27.8 Å². The molecule has 13 rings (SSSR count). The molecule has 0 saturated heterocycles. The maximum Gasteiger partial charge on any atom is 0.0713 e. The van der Waals surface area contributed by atoms with Gasteiger partial charge in [-0.2, -0.15) is 0 Å². The Kier molecular flexibility index (Phi) is 8.28. The van der Waals surface area contributed by atoms with Crippen molar-refractivity contribution in [2.45, 2.75) is 43.9 Å². The molecule has 0 unspecified atom stereocenters. The van der Waals surface area contributed by atoms with Crippen molar-refractivity contribution in [1.82, 2.24) is 0 Å². The molecule has 0 atom stereocenters. The van der Waals surface area contributed by atoms with Gasteiger partial charge in [-0.15, -0.1) is 0 Å². The number of nitrogens with zero attached hydrogens (tertiary/aromatic N) is 1. The van der Waals surface area contributed by atoms with Crippen LogP contribution in [0.4, 0.5) is 17.1 Å².